The normalized spacial score (nSPS) is 10.1. The van der Waals surface area contributed by atoms with E-state index in [9.17, 15) is 14.0 Å². The third kappa shape index (κ3) is 7.32. The molecule has 0 heterocycles. The van der Waals surface area contributed by atoms with Gasteiger partial charge in [-0.25, -0.2) is 4.39 Å². The van der Waals surface area contributed by atoms with Gasteiger partial charge in [0.2, 0.25) is 11.8 Å². The van der Waals surface area contributed by atoms with E-state index in [1.165, 1.54) is 12.1 Å². The quantitative estimate of drug-likeness (QED) is 0.441. The average Bonchev–Trinajstić information content (AvgIpc) is 2.67. The van der Waals surface area contributed by atoms with E-state index in [4.69, 9.17) is 12.2 Å². The van der Waals surface area contributed by atoms with Crippen molar-refractivity contribution in [2.24, 2.45) is 0 Å². The highest BCUT2D eigenvalue weighted by atomic mass is 32.1. The molecule has 0 aliphatic carbocycles. The molecular formula is C20H23FN4O2S. The summed E-state index contributed by atoms with van der Waals surface area (Å²) in [6.45, 7) is 4.36. The van der Waals surface area contributed by atoms with Crippen LogP contribution in [0.1, 0.15) is 29.5 Å². The number of halogens is 1. The number of hydrogen-bond donors (Lipinski definition) is 4. The lowest BCUT2D eigenvalue weighted by molar-refractivity contribution is -0.124. The first-order valence-electron chi connectivity index (χ1n) is 8.77. The predicted octanol–water partition coefficient (Wildman–Crippen LogP) is 2.86. The molecule has 0 aromatic heterocycles. The van der Waals surface area contributed by atoms with Crippen LogP contribution in [0.25, 0.3) is 0 Å². The Morgan fingerprint density at radius 2 is 1.61 bits per heavy atom. The number of thiocarbonyl (C=S) groups is 1. The van der Waals surface area contributed by atoms with E-state index in [-0.39, 0.29) is 35.6 Å². The Bertz CT molecular complexity index is 856. The van der Waals surface area contributed by atoms with Crippen molar-refractivity contribution in [3.05, 3.63) is 65.0 Å². The van der Waals surface area contributed by atoms with Crippen molar-refractivity contribution in [2.75, 3.05) is 5.32 Å². The summed E-state index contributed by atoms with van der Waals surface area (Å²) in [6.07, 6.45) is 0.0699. The summed E-state index contributed by atoms with van der Waals surface area (Å²) < 4.78 is 12.8. The molecule has 2 aromatic rings. The zero-order valence-corrected chi connectivity index (χ0v) is 16.6. The number of nitrogens with one attached hydrogen (secondary N) is 4. The molecule has 6 nitrogen and oxygen atoms in total. The van der Waals surface area contributed by atoms with Gasteiger partial charge in [0.1, 0.15) is 5.82 Å². The van der Waals surface area contributed by atoms with Gasteiger partial charge in [-0.15, -0.1) is 0 Å². The Hall–Kier alpha value is -3.00. The molecular weight excluding hydrogens is 379 g/mol. The molecule has 0 saturated heterocycles. The summed E-state index contributed by atoms with van der Waals surface area (Å²) in [7, 11) is 0. The van der Waals surface area contributed by atoms with Crippen LogP contribution in [0, 0.1) is 19.7 Å². The fourth-order valence-electron chi connectivity index (χ4n) is 2.29. The number of carbonyl (C=O) groups is 2. The lowest BCUT2D eigenvalue weighted by Gasteiger charge is -2.12. The van der Waals surface area contributed by atoms with E-state index in [0.29, 0.717) is 12.2 Å². The van der Waals surface area contributed by atoms with E-state index >= 15 is 0 Å². The maximum Gasteiger partial charge on any atom is 0.238 e. The standard InChI is InChI=1S/C20H23FN4O2S/c1-13-3-8-17(11-14(13)2)23-18(26)9-10-19(27)24-25-20(28)22-12-15-4-6-16(21)7-5-15/h3-8,11H,9-10,12H2,1-2H3,(H,23,26)(H,24,27)(H2,22,25,28). The monoisotopic (exact) mass is 402 g/mol. The molecule has 0 saturated carbocycles. The number of benzene rings is 2. The molecule has 0 spiro atoms. The highest BCUT2D eigenvalue weighted by Gasteiger charge is 2.08. The Morgan fingerprint density at radius 1 is 0.929 bits per heavy atom. The van der Waals surface area contributed by atoms with Crippen LogP contribution in [0.3, 0.4) is 0 Å². The Labute approximate surface area is 168 Å². The minimum absolute atomic E-state index is 0.0181. The van der Waals surface area contributed by atoms with Crippen LogP contribution in [-0.2, 0) is 16.1 Å². The van der Waals surface area contributed by atoms with Crippen molar-refractivity contribution in [2.45, 2.75) is 33.2 Å². The zero-order valence-electron chi connectivity index (χ0n) is 15.8. The number of carbonyl (C=O) groups excluding carboxylic acids is 2. The van der Waals surface area contributed by atoms with Crippen LogP contribution in [0.4, 0.5) is 10.1 Å². The molecule has 8 heteroatoms. The van der Waals surface area contributed by atoms with Crippen LogP contribution in [0.2, 0.25) is 0 Å². The minimum atomic E-state index is -0.360. The Morgan fingerprint density at radius 3 is 2.29 bits per heavy atom. The molecule has 148 valence electrons. The maximum atomic E-state index is 12.8. The fourth-order valence-corrected chi connectivity index (χ4v) is 2.41. The largest absolute Gasteiger partial charge is 0.357 e. The number of rotatable bonds is 6. The Balaban J connectivity index is 1.64. The lowest BCUT2D eigenvalue weighted by Crippen LogP contribution is -2.46. The number of aryl methyl sites for hydroxylation is 2. The third-order valence-electron chi connectivity index (χ3n) is 4.05. The van der Waals surface area contributed by atoms with Gasteiger partial charge >= 0.3 is 0 Å². The SMILES string of the molecule is Cc1ccc(NC(=O)CCC(=O)NNC(=S)NCc2ccc(F)cc2)cc1C. The van der Waals surface area contributed by atoms with Gasteiger partial charge in [0.05, 0.1) is 0 Å². The summed E-state index contributed by atoms with van der Waals surface area (Å²) >= 11 is 5.05. The third-order valence-corrected chi connectivity index (χ3v) is 4.30. The van der Waals surface area contributed by atoms with Crippen molar-refractivity contribution < 1.29 is 14.0 Å². The van der Waals surface area contributed by atoms with Gasteiger partial charge in [0.25, 0.3) is 0 Å². The number of hydrazine groups is 1. The van der Waals surface area contributed by atoms with Gasteiger partial charge in [-0.3, -0.25) is 20.4 Å². The minimum Gasteiger partial charge on any atom is -0.357 e. The zero-order chi connectivity index (χ0) is 20.5. The fraction of sp³-hybridized carbons (Fsp3) is 0.250. The predicted molar refractivity (Wildman–Crippen MR) is 111 cm³/mol. The second-order valence-electron chi connectivity index (χ2n) is 6.33. The van der Waals surface area contributed by atoms with Crippen LogP contribution >= 0.6 is 12.2 Å². The lowest BCUT2D eigenvalue weighted by atomic mass is 10.1. The molecule has 28 heavy (non-hydrogen) atoms. The molecule has 0 unspecified atom stereocenters. The number of hydrogen-bond acceptors (Lipinski definition) is 3. The van der Waals surface area contributed by atoms with Gasteiger partial charge in [0, 0.05) is 25.1 Å². The first-order valence-corrected chi connectivity index (χ1v) is 9.18. The number of amides is 2. The molecule has 2 aromatic carbocycles. The second-order valence-corrected chi connectivity index (χ2v) is 6.74. The van der Waals surface area contributed by atoms with Crippen LogP contribution < -0.4 is 21.5 Å². The first-order chi connectivity index (χ1) is 13.3. The summed E-state index contributed by atoms with van der Waals surface area (Å²) in [4.78, 5) is 23.8. The van der Waals surface area contributed by atoms with Gasteiger partial charge in [-0.2, -0.15) is 0 Å². The summed E-state index contributed by atoms with van der Waals surface area (Å²) in [6, 6.07) is 11.6. The molecule has 0 bridgehead atoms. The molecule has 4 N–H and O–H groups in total. The van der Waals surface area contributed by atoms with Gasteiger partial charge in [-0.05, 0) is 67.0 Å². The van der Waals surface area contributed by atoms with E-state index in [1.807, 2.05) is 32.0 Å². The summed E-state index contributed by atoms with van der Waals surface area (Å²) in [5.41, 5.74) is 8.78. The van der Waals surface area contributed by atoms with Gasteiger partial charge < -0.3 is 10.6 Å². The van der Waals surface area contributed by atoms with Crippen LogP contribution in [0.5, 0.6) is 0 Å². The maximum absolute atomic E-state index is 12.8. The van der Waals surface area contributed by atoms with E-state index < -0.39 is 0 Å². The van der Waals surface area contributed by atoms with Crippen molar-refractivity contribution >= 4 is 34.8 Å². The van der Waals surface area contributed by atoms with Crippen LogP contribution in [-0.4, -0.2) is 16.9 Å². The highest BCUT2D eigenvalue weighted by molar-refractivity contribution is 7.80. The van der Waals surface area contributed by atoms with Gasteiger partial charge in [-0.1, -0.05) is 18.2 Å². The summed E-state index contributed by atoms with van der Waals surface area (Å²) in [5, 5.41) is 5.87. The van der Waals surface area contributed by atoms with Crippen molar-refractivity contribution in [1.29, 1.82) is 0 Å². The Kier molecular flexibility index (Phi) is 7.88. The number of anilines is 1. The molecule has 0 aliphatic heterocycles. The smallest absolute Gasteiger partial charge is 0.238 e. The van der Waals surface area contributed by atoms with Gasteiger partial charge in [0.15, 0.2) is 5.11 Å². The topological polar surface area (TPSA) is 82.3 Å². The summed E-state index contributed by atoms with van der Waals surface area (Å²) in [5.74, 6) is -0.908. The highest BCUT2D eigenvalue weighted by Crippen LogP contribution is 2.14. The molecule has 0 atom stereocenters. The molecule has 2 rings (SSSR count). The first kappa shape index (κ1) is 21.3. The van der Waals surface area contributed by atoms with E-state index in [0.717, 1.165) is 16.7 Å². The molecule has 0 radical (unpaired) electrons. The van der Waals surface area contributed by atoms with Crippen LogP contribution in [0.15, 0.2) is 42.5 Å². The molecule has 2 amide bonds. The molecule has 0 aliphatic rings. The van der Waals surface area contributed by atoms with Crippen molar-refractivity contribution in [1.82, 2.24) is 16.2 Å². The van der Waals surface area contributed by atoms with Crippen molar-refractivity contribution in [3.8, 4) is 0 Å². The average molecular weight is 402 g/mol. The van der Waals surface area contributed by atoms with E-state index in [1.54, 1.807) is 12.1 Å². The second kappa shape index (κ2) is 10.4. The van der Waals surface area contributed by atoms with Crippen molar-refractivity contribution in [3.63, 3.8) is 0 Å². The molecule has 0 fully saturated rings. The van der Waals surface area contributed by atoms with E-state index in [2.05, 4.69) is 21.5 Å².